The van der Waals surface area contributed by atoms with Gasteiger partial charge in [0.1, 0.15) is 5.75 Å². The van der Waals surface area contributed by atoms with Crippen LogP contribution in [0.2, 0.25) is 0 Å². The molecule has 4 atom stereocenters. The first-order valence-corrected chi connectivity index (χ1v) is 12.8. The molecule has 0 radical (unpaired) electrons. The van der Waals surface area contributed by atoms with E-state index in [2.05, 4.69) is 61.1 Å². The van der Waals surface area contributed by atoms with Crippen molar-refractivity contribution in [1.29, 1.82) is 0 Å². The molecule has 0 amide bonds. The number of phenols is 1. The van der Waals surface area contributed by atoms with Gasteiger partial charge in [-0.25, -0.2) is 0 Å². The van der Waals surface area contributed by atoms with Crippen LogP contribution in [0.25, 0.3) is 0 Å². The van der Waals surface area contributed by atoms with E-state index >= 15 is 0 Å². The lowest BCUT2D eigenvalue weighted by molar-refractivity contribution is 0.0955. The highest BCUT2D eigenvalue weighted by atomic mass is 16.3. The maximum absolute atomic E-state index is 9.90. The van der Waals surface area contributed by atoms with E-state index in [0.717, 1.165) is 37.4 Å². The molecule has 3 aliphatic carbocycles. The van der Waals surface area contributed by atoms with E-state index in [1.54, 1.807) is 0 Å². The van der Waals surface area contributed by atoms with Crippen molar-refractivity contribution in [1.82, 2.24) is 0 Å². The van der Waals surface area contributed by atoms with Crippen molar-refractivity contribution in [3.8, 4) is 5.75 Å². The molecule has 0 bridgehead atoms. The van der Waals surface area contributed by atoms with Crippen LogP contribution in [0.1, 0.15) is 75.5 Å². The van der Waals surface area contributed by atoms with Gasteiger partial charge in [-0.2, -0.15) is 10.2 Å². The molecule has 2 fully saturated rings. The minimum atomic E-state index is 0.180. The van der Waals surface area contributed by atoms with Gasteiger partial charge < -0.3 is 10.0 Å². The molecular weight excluding hydrogens is 406 g/mol. The van der Waals surface area contributed by atoms with Gasteiger partial charge >= 0.3 is 0 Å². The number of fused-ring (bicyclic) bond motifs is 5. The van der Waals surface area contributed by atoms with Gasteiger partial charge in [-0.1, -0.05) is 25.1 Å². The zero-order valence-corrected chi connectivity index (χ0v) is 20.3. The third kappa shape index (κ3) is 3.98. The standard InChI is InChI=1S/C29H37N3O/c1-4-32(5-2)22-9-6-20(7-10-22)19-30-31-28-15-14-27-26-12-8-21-18-23(33)11-13-24(21)25(26)16-17-29(27,28)3/h6-7,9-11,13,18-19,25-27,33H,4-5,8,12,14-17H2,1-3H3. The average molecular weight is 444 g/mol. The Bertz CT molecular complexity index is 1050. The van der Waals surface area contributed by atoms with Gasteiger partial charge in [-0.05, 0) is 111 Å². The molecule has 0 saturated heterocycles. The largest absolute Gasteiger partial charge is 0.508 e. The fourth-order valence-corrected chi connectivity index (χ4v) is 7.05. The Balaban J connectivity index is 1.31. The summed E-state index contributed by atoms with van der Waals surface area (Å²) >= 11 is 0. The van der Waals surface area contributed by atoms with Crippen molar-refractivity contribution in [3.63, 3.8) is 0 Å². The van der Waals surface area contributed by atoms with Crippen LogP contribution in [0.5, 0.6) is 5.75 Å². The fourth-order valence-electron chi connectivity index (χ4n) is 7.05. The minimum absolute atomic E-state index is 0.180. The number of rotatable bonds is 5. The molecule has 2 aromatic rings. The van der Waals surface area contributed by atoms with Crippen LogP contribution in [0.4, 0.5) is 5.69 Å². The summed E-state index contributed by atoms with van der Waals surface area (Å²) in [5.74, 6) is 2.47. The van der Waals surface area contributed by atoms with Crippen molar-refractivity contribution in [2.45, 2.75) is 65.2 Å². The maximum atomic E-state index is 9.90. The lowest BCUT2D eigenvalue weighted by Gasteiger charge is -2.49. The molecule has 4 unspecified atom stereocenters. The Kier molecular flexibility index (Phi) is 6.03. The zero-order chi connectivity index (χ0) is 23.0. The van der Waals surface area contributed by atoms with E-state index in [4.69, 9.17) is 5.10 Å². The predicted molar refractivity (Wildman–Crippen MR) is 138 cm³/mol. The predicted octanol–water partition coefficient (Wildman–Crippen LogP) is 6.57. The summed E-state index contributed by atoms with van der Waals surface area (Å²) in [7, 11) is 0. The number of aromatic hydroxyl groups is 1. The highest BCUT2D eigenvalue weighted by Crippen LogP contribution is 2.60. The summed E-state index contributed by atoms with van der Waals surface area (Å²) in [6, 6.07) is 14.7. The lowest BCUT2D eigenvalue weighted by Crippen LogP contribution is -2.42. The van der Waals surface area contributed by atoms with Crippen LogP contribution >= 0.6 is 0 Å². The Hall–Kier alpha value is -2.62. The zero-order valence-electron chi connectivity index (χ0n) is 20.3. The van der Waals surface area contributed by atoms with Crippen molar-refractivity contribution in [2.24, 2.45) is 27.5 Å². The van der Waals surface area contributed by atoms with Gasteiger partial charge in [0.15, 0.2) is 0 Å². The molecule has 1 N–H and O–H groups in total. The average Bonchev–Trinajstić information content (AvgIpc) is 3.17. The number of hydrogen-bond donors (Lipinski definition) is 1. The van der Waals surface area contributed by atoms with Gasteiger partial charge in [0.05, 0.1) is 6.21 Å². The summed E-state index contributed by atoms with van der Waals surface area (Å²) < 4.78 is 0. The quantitative estimate of drug-likeness (QED) is 0.420. The second-order valence-corrected chi connectivity index (χ2v) is 10.3. The Labute approximate surface area is 198 Å². The molecular formula is C29H37N3O. The van der Waals surface area contributed by atoms with Gasteiger partial charge in [-0.3, -0.25) is 0 Å². The molecule has 0 spiro atoms. The smallest absolute Gasteiger partial charge is 0.115 e. The van der Waals surface area contributed by atoms with Crippen molar-refractivity contribution in [3.05, 3.63) is 59.2 Å². The fraction of sp³-hybridized carbons (Fsp3) is 0.517. The first-order chi connectivity index (χ1) is 16.0. The number of benzene rings is 2. The highest BCUT2D eigenvalue weighted by molar-refractivity contribution is 5.93. The molecule has 5 rings (SSSR count). The first kappa shape index (κ1) is 22.2. The van der Waals surface area contributed by atoms with Gasteiger partial charge in [0.2, 0.25) is 0 Å². The summed E-state index contributed by atoms with van der Waals surface area (Å²) in [5.41, 5.74) is 6.70. The molecule has 4 nitrogen and oxygen atoms in total. The summed E-state index contributed by atoms with van der Waals surface area (Å²) in [6.07, 6.45) is 8.94. The Morgan fingerprint density at radius 1 is 1.03 bits per heavy atom. The van der Waals surface area contributed by atoms with Crippen LogP contribution in [-0.4, -0.2) is 30.1 Å². The summed E-state index contributed by atoms with van der Waals surface area (Å²) in [4.78, 5) is 2.35. The molecule has 0 aromatic heterocycles. The molecule has 174 valence electrons. The third-order valence-corrected chi connectivity index (χ3v) is 8.86. The van der Waals surface area contributed by atoms with Crippen molar-refractivity contribution in [2.75, 3.05) is 18.0 Å². The van der Waals surface area contributed by atoms with E-state index in [-0.39, 0.29) is 5.41 Å². The number of aryl methyl sites for hydroxylation is 1. The molecule has 3 aliphatic rings. The van der Waals surface area contributed by atoms with Crippen LogP contribution in [0.3, 0.4) is 0 Å². The van der Waals surface area contributed by atoms with E-state index in [1.807, 2.05) is 18.3 Å². The number of anilines is 1. The molecule has 33 heavy (non-hydrogen) atoms. The second-order valence-electron chi connectivity index (χ2n) is 10.3. The molecule has 0 aliphatic heterocycles. The normalized spacial score (nSPS) is 29.7. The Morgan fingerprint density at radius 2 is 1.82 bits per heavy atom. The Morgan fingerprint density at radius 3 is 2.58 bits per heavy atom. The van der Waals surface area contributed by atoms with Crippen LogP contribution in [-0.2, 0) is 6.42 Å². The van der Waals surface area contributed by atoms with Crippen molar-refractivity contribution < 1.29 is 5.11 Å². The van der Waals surface area contributed by atoms with E-state index < -0.39 is 0 Å². The van der Waals surface area contributed by atoms with E-state index in [0.29, 0.717) is 17.6 Å². The molecule has 0 heterocycles. The molecule has 2 aromatic carbocycles. The minimum Gasteiger partial charge on any atom is -0.508 e. The monoisotopic (exact) mass is 443 g/mol. The highest BCUT2D eigenvalue weighted by Gasteiger charge is 2.53. The van der Waals surface area contributed by atoms with E-state index in [1.165, 1.54) is 48.2 Å². The SMILES string of the molecule is CCN(CC)c1ccc(C=NN=C2CCC3C4CCc5cc(O)ccc5C4CCC23C)cc1. The van der Waals surface area contributed by atoms with Crippen LogP contribution in [0.15, 0.2) is 52.7 Å². The molecule has 4 heteroatoms. The van der Waals surface area contributed by atoms with E-state index in [9.17, 15) is 5.11 Å². The topological polar surface area (TPSA) is 48.2 Å². The summed E-state index contributed by atoms with van der Waals surface area (Å²) in [6.45, 7) is 8.87. The lowest BCUT2D eigenvalue weighted by atomic mass is 9.55. The van der Waals surface area contributed by atoms with Crippen LogP contribution in [0, 0.1) is 17.3 Å². The van der Waals surface area contributed by atoms with Crippen molar-refractivity contribution >= 4 is 17.6 Å². The maximum Gasteiger partial charge on any atom is 0.115 e. The summed E-state index contributed by atoms with van der Waals surface area (Å²) in [5, 5.41) is 19.3. The van der Waals surface area contributed by atoms with Crippen LogP contribution < -0.4 is 4.90 Å². The number of nitrogens with zero attached hydrogens (tertiary/aromatic N) is 3. The van der Waals surface area contributed by atoms with Gasteiger partial charge in [0.25, 0.3) is 0 Å². The third-order valence-electron chi connectivity index (χ3n) is 8.86. The van der Waals surface area contributed by atoms with Gasteiger partial charge in [0, 0.05) is 29.9 Å². The molecule has 2 saturated carbocycles. The second kappa shape index (κ2) is 8.96. The van der Waals surface area contributed by atoms with Gasteiger partial charge in [-0.15, -0.1) is 0 Å². The first-order valence-electron chi connectivity index (χ1n) is 12.8. The number of hydrogen-bond acceptors (Lipinski definition) is 4. The number of phenolic OH excluding ortho intramolecular Hbond substituents is 1.